The molecular weight excluding hydrogens is 336 g/mol. The molecule has 0 atom stereocenters. The molecule has 5 nitrogen and oxygen atoms in total. The van der Waals surface area contributed by atoms with Gasteiger partial charge in [-0.3, -0.25) is 9.36 Å². The summed E-state index contributed by atoms with van der Waals surface area (Å²) >= 11 is 4.32. The van der Waals surface area contributed by atoms with E-state index in [4.69, 9.17) is 0 Å². The Hall–Kier alpha value is -1.25. The molecule has 0 fully saturated rings. The van der Waals surface area contributed by atoms with Crippen LogP contribution in [0.1, 0.15) is 36.0 Å². The van der Waals surface area contributed by atoms with Gasteiger partial charge in [-0.05, 0) is 42.7 Å². The standard InChI is InChI=1S/C14H16N4OS3/c1-6(2)10-15-14(22-17-10)21-13-16-11-9(12(19)18(13)5)7(3)8(4)20-11/h6H,1-5H3. The van der Waals surface area contributed by atoms with E-state index in [0.29, 0.717) is 11.1 Å². The van der Waals surface area contributed by atoms with Crippen molar-refractivity contribution < 1.29 is 0 Å². The van der Waals surface area contributed by atoms with E-state index in [9.17, 15) is 4.79 Å². The molecule has 0 aliphatic carbocycles. The second-order valence-electron chi connectivity index (χ2n) is 5.40. The Morgan fingerprint density at radius 1 is 1.23 bits per heavy atom. The Labute approximate surface area is 140 Å². The first-order chi connectivity index (χ1) is 10.4. The number of hydrogen-bond acceptors (Lipinski definition) is 7. The summed E-state index contributed by atoms with van der Waals surface area (Å²) in [5.74, 6) is 1.13. The third-order valence-corrected chi connectivity index (χ3v) is 6.40. The average Bonchev–Trinajstić information content (AvgIpc) is 3.02. The zero-order valence-electron chi connectivity index (χ0n) is 13.0. The summed E-state index contributed by atoms with van der Waals surface area (Å²) < 4.78 is 6.76. The summed E-state index contributed by atoms with van der Waals surface area (Å²) in [7, 11) is 1.76. The van der Waals surface area contributed by atoms with Crippen molar-refractivity contribution in [2.45, 2.75) is 43.1 Å². The summed E-state index contributed by atoms with van der Waals surface area (Å²) in [6, 6.07) is 0. The van der Waals surface area contributed by atoms with Crippen LogP contribution in [-0.4, -0.2) is 18.9 Å². The smallest absolute Gasteiger partial charge is 0.262 e. The SMILES string of the molecule is Cc1sc2nc(Sc3nc(C(C)C)ns3)n(C)c(=O)c2c1C. The van der Waals surface area contributed by atoms with Crippen molar-refractivity contribution in [1.82, 2.24) is 18.9 Å². The van der Waals surface area contributed by atoms with E-state index in [1.165, 1.54) is 23.3 Å². The average molecular weight is 353 g/mol. The Morgan fingerprint density at radius 2 is 1.95 bits per heavy atom. The van der Waals surface area contributed by atoms with Crippen molar-refractivity contribution in [1.29, 1.82) is 0 Å². The van der Waals surface area contributed by atoms with E-state index in [2.05, 4.69) is 28.2 Å². The Kier molecular flexibility index (Phi) is 4.09. The number of fused-ring (bicyclic) bond motifs is 1. The fourth-order valence-corrected chi connectivity index (χ4v) is 4.79. The molecule has 116 valence electrons. The van der Waals surface area contributed by atoms with Crippen molar-refractivity contribution in [2.24, 2.45) is 7.05 Å². The molecule has 0 saturated heterocycles. The van der Waals surface area contributed by atoms with Gasteiger partial charge < -0.3 is 0 Å². The molecule has 0 unspecified atom stereocenters. The van der Waals surface area contributed by atoms with Crippen LogP contribution in [0.4, 0.5) is 0 Å². The third kappa shape index (κ3) is 2.59. The van der Waals surface area contributed by atoms with Crippen LogP contribution in [-0.2, 0) is 7.05 Å². The van der Waals surface area contributed by atoms with Crippen molar-refractivity contribution in [3.63, 3.8) is 0 Å². The van der Waals surface area contributed by atoms with Gasteiger partial charge in [0.1, 0.15) is 10.7 Å². The molecule has 3 rings (SSSR count). The molecule has 0 aromatic carbocycles. The largest absolute Gasteiger partial charge is 0.290 e. The second kappa shape index (κ2) is 5.75. The predicted octanol–water partition coefficient (Wildman–Crippen LogP) is 3.74. The zero-order chi connectivity index (χ0) is 16.0. The normalized spacial score (nSPS) is 11.7. The molecule has 8 heteroatoms. The Morgan fingerprint density at radius 3 is 2.59 bits per heavy atom. The monoisotopic (exact) mass is 352 g/mol. The maximum absolute atomic E-state index is 12.6. The van der Waals surface area contributed by atoms with Gasteiger partial charge in [-0.2, -0.15) is 4.37 Å². The lowest BCUT2D eigenvalue weighted by Crippen LogP contribution is -2.19. The molecule has 0 bridgehead atoms. The zero-order valence-corrected chi connectivity index (χ0v) is 15.4. The molecule has 0 aliphatic heterocycles. The van der Waals surface area contributed by atoms with E-state index in [0.717, 1.165) is 30.8 Å². The molecule has 0 radical (unpaired) electrons. The number of hydrogen-bond donors (Lipinski definition) is 0. The van der Waals surface area contributed by atoms with E-state index < -0.39 is 0 Å². The molecule has 3 aromatic heterocycles. The van der Waals surface area contributed by atoms with Crippen molar-refractivity contribution in [3.05, 3.63) is 26.6 Å². The second-order valence-corrected chi connectivity index (χ2v) is 8.57. The summed E-state index contributed by atoms with van der Waals surface area (Å²) in [5, 5.41) is 1.39. The number of rotatable bonds is 3. The lowest BCUT2D eigenvalue weighted by atomic mass is 10.2. The molecule has 3 aromatic rings. The van der Waals surface area contributed by atoms with Crippen LogP contribution in [0.3, 0.4) is 0 Å². The fourth-order valence-electron chi connectivity index (χ4n) is 2.02. The number of thiophene rings is 1. The van der Waals surface area contributed by atoms with Gasteiger partial charge in [-0.25, -0.2) is 9.97 Å². The highest BCUT2D eigenvalue weighted by atomic mass is 32.2. The van der Waals surface area contributed by atoms with Crippen molar-refractivity contribution in [2.75, 3.05) is 0 Å². The number of aromatic nitrogens is 4. The first-order valence-electron chi connectivity index (χ1n) is 6.86. The van der Waals surface area contributed by atoms with Gasteiger partial charge in [-0.1, -0.05) is 13.8 Å². The van der Waals surface area contributed by atoms with Crippen molar-refractivity contribution in [3.8, 4) is 0 Å². The van der Waals surface area contributed by atoms with Gasteiger partial charge in [0.25, 0.3) is 5.56 Å². The Bertz CT molecular complexity index is 907. The van der Waals surface area contributed by atoms with Crippen LogP contribution in [0.2, 0.25) is 0 Å². The van der Waals surface area contributed by atoms with Crippen molar-refractivity contribution >= 4 is 44.8 Å². The van der Waals surface area contributed by atoms with Gasteiger partial charge in [-0.15, -0.1) is 11.3 Å². The molecule has 3 heterocycles. The van der Waals surface area contributed by atoms with Crippen LogP contribution in [0.25, 0.3) is 10.2 Å². The van der Waals surface area contributed by atoms with Crippen LogP contribution in [0.5, 0.6) is 0 Å². The molecule has 0 saturated carbocycles. The molecule has 0 N–H and O–H groups in total. The maximum Gasteiger partial charge on any atom is 0.262 e. The fraction of sp³-hybridized carbons (Fsp3) is 0.429. The summed E-state index contributed by atoms with van der Waals surface area (Å²) in [6.07, 6.45) is 0. The summed E-state index contributed by atoms with van der Waals surface area (Å²) in [4.78, 5) is 23.7. The highest BCUT2D eigenvalue weighted by Gasteiger charge is 2.17. The molecule has 0 amide bonds. The van der Waals surface area contributed by atoms with Crippen LogP contribution < -0.4 is 5.56 Å². The molecular formula is C14H16N4OS3. The quantitative estimate of drug-likeness (QED) is 0.672. The minimum atomic E-state index is 0.00273. The van der Waals surface area contributed by atoms with E-state index >= 15 is 0 Å². The maximum atomic E-state index is 12.6. The number of aryl methyl sites for hydroxylation is 2. The molecule has 22 heavy (non-hydrogen) atoms. The van der Waals surface area contributed by atoms with Crippen LogP contribution in [0, 0.1) is 13.8 Å². The van der Waals surface area contributed by atoms with E-state index in [1.54, 1.807) is 23.0 Å². The topological polar surface area (TPSA) is 60.7 Å². The number of nitrogens with zero attached hydrogens (tertiary/aromatic N) is 4. The minimum Gasteiger partial charge on any atom is -0.290 e. The van der Waals surface area contributed by atoms with Gasteiger partial charge in [0.15, 0.2) is 9.50 Å². The highest BCUT2D eigenvalue weighted by molar-refractivity contribution is 8.00. The van der Waals surface area contributed by atoms with Gasteiger partial charge in [0.05, 0.1) is 5.39 Å². The first kappa shape index (κ1) is 15.6. The molecule has 0 spiro atoms. The third-order valence-electron chi connectivity index (χ3n) is 3.49. The lowest BCUT2D eigenvalue weighted by molar-refractivity contribution is 0.726. The summed E-state index contributed by atoms with van der Waals surface area (Å²) in [5.41, 5.74) is 1.03. The summed E-state index contributed by atoms with van der Waals surface area (Å²) in [6.45, 7) is 8.12. The minimum absolute atomic E-state index is 0.00273. The van der Waals surface area contributed by atoms with Gasteiger partial charge in [0.2, 0.25) is 0 Å². The lowest BCUT2D eigenvalue weighted by Gasteiger charge is -2.05. The first-order valence-corrected chi connectivity index (χ1v) is 9.27. The van der Waals surface area contributed by atoms with Gasteiger partial charge in [0, 0.05) is 17.8 Å². The molecule has 0 aliphatic rings. The van der Waals surface area contributed by atoms with E-state index in [1.807, 2.05) is 13.8 Å². The van der Waals surface area contributed by atoms with E-state index in [-0.39, 0.29) is 5.56 Å². The van der Waals surface area contributed by atoms with Gasteiger partial charge >= 0.3 is 0 Å². The Balaban J connectivity index is 2.07. The van der Waals surface area contributed by atoms with Crippen LogP contribution >= 0.6 is 34.6 Å². The predicted molar refractivity (Wildman–Crippen MR) is 92.5 cm³/mol. The highest BCUT2D eigenvalue weighted by Crippen LogP contribution is 2.32. The van der Waals surface area contributed by atoms with Crippen LogP contribution in [0.15, 0.2) is 14.3 Å².